The van der Waals surface area contributed by atoms with Gasteiger partial charge in [0.15, 0.2) is 0 Å². The van der Waals surface area contributed by atoms with Crippen molar-refractivity contribution in [1.29, 1.82) is 3.29 Å². The Balaban J connectivity index is 2.16. The van der Waals surface area contributed by atoms with Gasteiger partial charge in [0.25, 0.3) is 0 Å². The second-order valence-corrected chi connectivity index (χ2v) is 5.56. The van der Waals surface area contributed by atoms with E-state index in [1.54, 1.807) is 0 Å². The van der Waals surface area contributed by atoms with Gasteiger partial charge in [0.1, 0.15) is 0 Å². The van der Waals surface area contributed by atoms with E-state index in [4.69, 9.17) is 3.29 Å². The van der Waals surface area contributed by atoms with Gasteiger partial charge in [0.2, 0.25) is 0 Å². The molecule has 1 N–H and O–H groups in total. The van der Waals surface area contributed by atoms with Crippen LogP contribution in [0.1, 0.15) is 19.3 Å². The first kappa shape index (κ1) is 4.83. The summed E-state index contributed by atoms with van der Waals surface area (Å²) in [6.07, 6.45) is 4.23. The molecule has 1 saturated carbocycles. The third kappa shape index (κ3) is 0.843. The number of rotatable bonds is 1. The van der Waals surface area contributed by atoms with Crippen LogP contribution in [0.4, 0.5) is 0 Å². The van der Waals surface area contributed by atoms with Crippen LogP contribution in [0, 0.1) is 3.29 Å². The summed E-state index contributed by atoms with van der Waals surface area (Å²) >= 11 is -0.622. The Labute approximate surface area is 49.4 Å². The van der Waals surface area contributed by atoms with Crippen molar-refractivity contribution in [3.63, 3.8) is 0 Å². The van der Waals surface area contributed by atoms with E-state index in [1.165, 1.54) is 19.3 Å². The van der Waals surface area contributed by atoms with Crippen LogP contribution in [0.2, 0.25) is 3.63 Å². The minimum absolute atomic E-state index is 0.622. The molecule has 1 rings (SSSR count). The molecular weight excluding hydrogens is 271 g/mol. The molecule has 0 aromatic carbocycles. The Hall–Kier alpha value is 0.683. The summed E-state index contributed by atoms with van der Waals surface area (Å²) < 4.78 is 8.00. The molecule has 1 fully saturated rings. The van der Waals surface area contributed by atoms with Gasteiger partial charge in [-0.15, -0.1) is 0 Å². The molecule has 0 aromatic rings. The predicted octanol–water partition coefficient (Wildman–Crippen LogP) is 1.43. The summed E-state index contributed by atoms with van der Waals surface area (Å²) in [6.45, 7) is 0. The molecule has 1 nitrogen and oxygen atoms in total. The minimum atomic E-state index is -0.622. The number of hydrogen-bond acceptors (Lipinski definition) is 1. The molecule has 0 radical (unpaired) electrons. The molecule has 0 atom stereocenters. The average Bonchev–Trinajstić information content (AvgIpc) is 1.31. The molecule has 0 bridgehead atoms. The van der Waals surface area contributed by atoms with E-state index < -0.39 is 23.1 Å². The van der Waals surface area contributed by atoms with Crippen molar-refractivity contribution in [3.8, 4) is 0 Å². The molecule has 34 valence electrons. The van der Waals surface area contributed by atoms with Crippen LogP contribution in [-0.2, 0) is 0 Å². The van der Waals surface area contributed by atoms with E-state index in [2.05, 4.69) is 0 Å². The fourth-order valence-corrected chi connectivity index (χ4v) is 2.94. The van der Waals surface area contributed by atoms with Gasteiger partial charge in [-0.25, -0.2) is 0 Å². The molecule has 0 spiro atoms. The number of hydrogen-bond donors (Lipinski definition) is 1. The van der Waals surface area contributed by atoms with Crippen LogP contribution in [0.25, 0.3) is 0 Å². The Morgan fingerprint density at radius 2 is 2.17 bits per heavy atom. The van der Waals surface area contributed by atoms with E-state index in [1.807, 2.05) is 0 Å². The van der Waals surface area contributed by atoms with Gasteiger partial charge in [-0.1, -0.05) is 0 Å². The zero-order valence-electron chi connectivity index (χ0n) is 3.65. The van der Waals surface area contributed by atoms with Gasteiger partial charge < -0.3 is 0 Å². The molecule has 0 heterocycles. The fraction of sp³-hybridized carbons (Fsp3) is 1.00. The van der Waals surface area contributed by atoms with Crippen LogP contribution >= 0.6 is 0 Å². The summed E-state index contributed by atoms with van der Waals surface area (Å²) in [7, 11) is 0. The zero-order chi connectivity index (χ0) is 4.41. The molecule has 0 aliphatic heterocycles. The Morgan fingerprint density at radius 3 is 2.17 bits per heavy atom. The molecule has 0 amide bonds. The van der Waals surface area contributed by atoms with Crippen molar-refractivity contribution in [1.82, 2.24) is 0 Å². The standard InChI is InChI=1S/C4H7.Bi.HN/c1-2-4-3-1;;/h1H,2-4H2;;1H. The van der Waals surface area contributed by atoms with Crippen LogP contribution < -0.4 is 0 Å². The van der Waals surface area contributed by atoms with Gasteiger partial charge in [-0.3, -0.25) is 0 Å². The van der Waals surface area contributed by atoms with Crippen molar-refractivity contribution in [3.05, 3.63) is 0 Å². The summed E-state index contributed by atoms with van der Waals surface area (Å²) in [5.74, 6) is 0. The van der Waals surface area contributed by atoms with Crippen LogP contribution in [0.5, 0.6) is 0 Å². The van der Waals surface area contributed by atoms with Crippen molar-refractivity contribution < 1.29 is 0 Å². The number of nitrogens with one attached hydrogen (secondary N) is 1. The van der Waals surface area contributed by atoms with Crippen molar-refractivity contribution in [2.75, 3.05) is 0 Å². The Kier molecular flexibility index (Phi) is 1.70. The molecule has 2 heteroatoms. The van der Waals surface area contributed by atoms with E-state index in [-0.39, 0.29) is 0 Å². The third-order valence-electron chi connectivity index (χ3n) is 1.26. The second kappa shape index (κ2) is 2.11. The quantitative estimate of drug-likeness (QED) is 0.702. The normalized spacial score (nSPS) is 22.7. The first-order chi connectivity index (χ1) is 2.93. The van der Waals surface area contributed by atoms with E-state index in [9.17, 15) is 0 Å². The first-order valence-corrected chi connectivity index (χ1v) is 6.04. The third-order valence-corrected chi connectivity index (χ3v) is 4.68. The monoisotopic (exact) mass is 279 g/mol. The summed E-state index contributed by atoms with van der Waals surface area (Å²) in [5, 5.41) is 0. The molecule has 1 aliphatic carbocycles. The van der Waals surface area contributed by atoms with E-state index in [0.717, 1.165) is 3.63 Å². The summed E-state index contributed by atoms with van der Waals surface area (Å²) in [4.78, 5) is 0. The topological polar surface area (TPSA) is 23.9 Å². The van der Waals surface area contributed by atoms with Crippen molar-refractivity contribution in [2.24, 2.45) is 0 Å². The maximum atomic E-state index is 7.04. The molecule has 0 aromatic heterocycles. The van der Waals surface area contributed by atoms with Crippen molar-refractivity contribution >= 4 is 23.1 Å². The van der Waals surface area contributed by atoms with E-state index in [0.29, 0.717) is 0 Å². The Morgan fingerprint density at radius 1 is 1.50 bits per heavy atom. The fourth-order valence-electron chi connectivity index (χ4n) is 0.516. The van der Waals surface area contributed by atoms with Gasteiger partial charge in [0.05, 0.1) is 0 Å². The van der Waals surface area contributed by atoms with Crippen LogP contribution in [0.15, 0.2) is 0 Å². The molecule has 0 unspecified atom stereocenters. The Bertz CT molecular complexity index is 58.6. The molecule has 1 aliphatic rings. The van der Waals surface area contributed by atoms with Gasteiger partial charge in [-0.05, 0) is 0 Å². The summed E-state index contributed by atoms with van der Waals surface area (Å²) in [6, 6.07) is 0. The predicted molar refractivity (Wildman–Crippen MR) is 26.1 cm³/mol. The first-order valence-electron chi connectivity index (χ1n) is 2.30. The van der Waals surface area contributed by atoms with Gasteiger partial charge >= 0.3 is 49.2 Å². The maximum absolute atomic E-state index is 7.04. The summed E-state index contributed by atoms with van der Waals surface area (Å²) in [5.41, 5.74) is 0. The molecule has 0 saturated heterocycles. The SMILES string of the molecule is [NH]=[Bi][CH]1CCC1. The average molecular weight is 279 g/mol. The molecular formula is C4H8BiN. The van der Waals surface area contributed by atoms with Crippen molar-refractivity contribution in [2.45, 2.75) is 22.9 Å². The van der Waals surface area contributed by atoms with Crippen LogP contribution in [-0.4, -0.2) is 23.1 Å². The van der Waals surface area contributed by atoms with Gasteiger partial charge in [-0.2, -0.15) is 0 Å². The van der Waals surface area contributed by atoms with Crippen LogP contribution in [0.3, 0.4) is 0 Å². The van der Waals surface area contributed by atoms with E-state index >= 15 is 0 Å². The van der Waals surface area contributed by atoms with Gasteiger partial charge in [0, 0.05) is 0 Å². The second-order valence-electron chi connectivity index (χ2n) is 1.71. The molecule has 6 heavy (non-hydrogen) atoms. The zero-order valence-corrected chi connectivity index (χ0v) is 7.12.